The van der Waals surface area contributed by atoms with E-state index in [9.17, 15) is 0 Å². The SMILES string of the molecule is C=[O+]c1ccc(OC)o1. The lowest BCUT2D eigenvalue weighted by Crippen LogP contribution is -1.75. The standard InChI is InChI=1S/C6H7O3/c1-7-5-3-4-6(8-2)9-5/h3-4H,1H2,2H3/q+1. The molecule has 1 rings (SSSR count). The summed E-state index contributed by atoms with van der Waals surface area (Å²) in [6.45, 7) is 3.15. The van der Waals surface area contributed by atoms with E-state index in [1.807, 2.05) is 0 Å². The lowest BCUT2D eigenvalue weighted by Gasteiger charge is -1.79. The van der Waals surface area contributed by atoms with E-state index >= 15 is 0 Å². The zero-order valence-electron chi connectivity index (χ0n) is 5.09. The van der Waals surface area contributed by atoms with Gasteiger partial charge in [0, 0.05) is 0 Å². The third kappa shape index (κ3) is 1.10. The number of rotatable bonds is 2. The second kappa shape index (κ2) is 2.35. The van der Waals surface area contributed by atoms with Crippen molar-refractivity contribution in [2.75, 3.05) is 7.11 Å². The van der Waals surface area contributed by atoms with Gasteiger partial charge in [0.1, 0.15) is 0 Å². The van der Waals surface area contributed by atoms with Gasteiger partial charge in [-0.3, -0.25) is 4.42 Å². The Hall–Kier alpha value is -1.25. The smallest absolute Gasteiger partial charge is 0.447 e. The van der Waals surface area contributed by atoms with Crippen LogP contribution in [-0.2, 0) is 4.42 Å². The number of hydrogen-bond donors (Lipinski definition) is 0. The van der Waals surface area contributed by atoms with Crippen molar-refractivity contribution >= 4 is 6.79 Å². The molecule has 0 bridgehead atoms. The monoisotopic (exact) mass is 127 g/mol. The molecular weight excluding hydrogens is 120 g/mol. The molecule has 3 nitrogen and oxygen atoms in total. The van der Waals surface area contributed by atoms with Crippen LogP contribution >= 0.6 is 0 Å². The second-order valence-corrected chi connectivity index (χ2v) is 1.42. The first-order chi connectivity index (χ1) is 4.36. The summed E-state index contributed by atoms with van der Waals surface area (Å²) in [5.74, 6) is 0.778. The Kier molecular flexibility index (Phi) is 1.53. The van der Waals surface area contributed by atoms with E-state index in [2.05, 4.69) is 11.2 Å². The number of methoxy groups -OCH3 is 1. The van der Waals surface area contributed by atoms with Gasteiger partial charge in [-0.05, 0) is 0 Å². The van der Waals surface area contributed by atoms with Crippen molar-refractivity contribution in [1.82, 2.24) is 0 Å². The molecule has 0 aromatic carbocycles. The average molecular weight is 127 g/mol. The summed E-state index contributed by atoms with van der Waals surface area (Å²) in [5, 5.41) is 0. The van der Waals surface area contributed by atoms with E-state index in [0.29, 0.717) is 11.9 Å². The van der Waals surface area contributed by atoms with Gasteiger partial charge in [0.25, 0.3) is 0 Å². The van der Waals surface area contributed by atoms with E-state index in [1.165, 1.54) is 7.11 Å². The van der Waals surface area contributed by atoms with Crippen LogP contribution < -0.4 is 4.74 Å². The molecule has 0 aliphatic carbocycles. The third-order valence-electron chi connectivity index (χ3n) is 0.900. The van der Waals surface area contributed by atoms with Crippen molar-refractivity contribution in [2.24, 2.45) is 0 Å². The highest BCUT2D eigenvalue weighted by Gasteiger charge is 2.09. The Labute approximate surface area is 52.5 Å². The molecule has 0 saturated carbocycles. The van der Waals surface area contributed by atoms with Gasteiger partial charge in [0.15, 0.2) is 6.79 Å². The molecule has 0 saturated heterocycles. The molecule has 0 spiro atoms. The fourth-order valence-corrected chi connectivity index (χ4v) is 0.491. The van der Waals surface area contributed by atoms with Gasteiger partial charge in [-0.1, -0.05) is 0 Å². The minimum Gasteiger partial charge on any atom is -0.447 e. The van der Waals surface area contributed by atoms with Gasteiger partial charge in [0.2, 0.25) is 0 Å². The Bertz CT molecular complexity index is 202. The topological polar surface area (TPSA) is 33.7 Å². The first-order valence-corrected chi connectivity index (χ1v) is 2.42. The van der Waals surface area contributed by atoms with E-state index < -0.39 is 0 Å². The zero-order chi connectivity index (χ0) is 6.69. The van der Waals surface area contributed by atoms with Gasteiger partial charge < -0.3 is 4.74 Å². The van der Waals surface area contributed by atoms with Crippen LogP contribution in [0, 0.1) is 0 Å². The van der Waals surface area contributed by atoms with Crippen LogP contribution in [0.25, 0.3) is 0 Å². The van der Waals surface area contributed by atoms with Crippen molar-refractivity contribution < 1.29 is 13.6 Å². The molecule has 1 heterocycles. The second-order valence-electron chi connectivity index (χ2n) is 1.42. The van der Waals surface area contributed by atoms with E-state index in [1.54, 1.807) is 12.1 Å². The molecule has 0 aliphatic heterocycles. The van der Waals surface area contributed by atoms with Gasteiger partial charge >= 0.3 is 11.9 Å². The summed E-state index contributed by atoms with van der Waals surface area (Å²) in [4.78, 5) is 0. The molecule has 0 radical (unpaired) electrons. The van der Waals surface area contributed by atoms with Gasteiger partial charge in [-0.15, -0.1) is 0 Å². The average Bonchev–Trinajstić information content (AvgIpc) is 2.34. The van der Waals surface area contributed by atoms with E-state index in [0.717, 1.165) is 0 Å². The largest absolute Gasteiger partial charge is 0.526 e. The van der Waals surface area contributed by atoms with Gasteiger partial charge in [-0.25, -0.2) is 4.42 Å². The number of hydrogen-bond acceptors (Lipinski definition) is 2. The molecule has 0 atom stereocenters. The molecule has 0 N–H and O–H groups in total. The normalized spacial score (nSPS) is 9.00. The van der Waals surface area contributed by atoms with Crippen LogP contribution in [0.15, 0.2) is 16.5 Å². The summed E-state index contributed by atoms with van der Waals surface area (Å²) in [5.41, 5.74) is 0. The maximum absolute atomic E-state index is 4.88. The molecular formula is C6H7O3+. The highest BCUT2D eigenvalue weighted by atomic mass is 16.6. The maximum Gasteiger partial charge on any atom is 0.526 e. The van der Waals surface area contributed by atoms with Crippen LogP contribution in [0.1, 0.15) is 0 Å². The van der Waals surface area contributed by atoms with Gasteiger partial charge in [-0.2, -0.15) is 0 Å². The molecule has 0 unspecified atom stereocenters. The first kappa shape index (κ1) is 5.88. The molecule has 0 fully saturated rings. The molecule has 9 heavy (non-hydrogen) atoms. The molecule has 48 valence electrons. The number of ether oxygens (including phenoxy) is 1. The number of furan rings is 1. The maximum atomic E-state index is 4.88. The Balaban J connectivity index is 2.86. The lowest BCUT2D eigenvalue weighted by atomic mass is 10.6. The summed E-state index contributed by atoms with van der Waals surface area (Å²) in [6.07, 6.45) is 0. The quantitative estimate of drug-likeness (QED) is 0.562. The van der Waals surface area contributed by atoms with Crippen molar-refractivity contribution in [2.45, 2.75) is 0 Å². The summed E-state index contributed by atoms with van der Waals surface area (Å²) >= 11 is 0. The summed E-state index contributed by atoms with van der Waals surface area (Å²) in [6, 6.07) is 3.28. The van der Waals surface area contributed by atoms with E-state index in [-0.39, 0.29) is 0 Å². The third-order valence-corrected chi connectivity index (χ3v) is 0.900. The Morgan fingerprint density at radius 2 is 2.44 bits per heavy atom. The predicted octanol–water partition coefficient (Wildman–Crippen LogP) is 1.37. The highest BCUT2D eigenvalue weighted by molar-refractivity contribution is 5.19. The van der Waals surface area contributed by atoms with Crippen LogP contribution in [0.4, 0.5) is 0 Å². The first-order valence-electron chi connectivity index (χ1n) is 2.42. The number of carbonyl (C=O) groups excluding carboxylic acids is 1. The summed E-state index contributed by atoms with van der Waals surface area (Å²) < 4.78 is 14.1. The van der Waals surface area contributed by atoms with Crippen LogP contribution in [0.2, 0.25) is 0 Å². The van der Waals surface area contributed by atoms with Crippen LogP contribution in [0.5, 0.6) is 11.9 Å². The Morgan fingerprint density at radius 3 is 2.78 bits per heavy atom. The fraction of sp³-hybridized carbons (Fsp3) is 0.167. The molecule has 0 aliphatic rings. The molecule has 0 amide bonds. The predicted molar refractivity (Wildman–Crippen MR) is 31.8 cm³/mol. The molecule has 1 aromatic heterocycles. The van der Waals surface area contributed by atoms with Crippen molar-refractivity contribution in [3.8, 4) is 11.9 Å². The van der Waals surface area contributed by atoms with Crippen molar-refractivity contribution in [3.63, 3.8) is 0 Å². The van der Waals surface area contributed by atoms with E-state index in [4.69, 9.17) is 9.15 Å². The summed E-state index contributed by atoms with van der Waals surface area (Å²) in [7, 11) is 1.52. The minimum absolute atomic E-state index is 0.354. The minimum atomic E-state index is 0.354. The lowest BCUT2D eigenvalue weighted by molar-refractivity contribution is -0.376. The molecule has 3 heteroatoms. The molecule has 1 aromatic rings. The fourth-order valence-electron chi connectivity index (χ4n) is 0.491. The van der Waals surface area contributed by atoms with Crippen molar-refractivity contribution in [3.05, 3.63) is 12.1 Å². The Morgan fingerprint density at radius 1 is 1.67 bits per heavy atom. The van der Waals surface area contributed by atoms with Crippen LogP contribution in [0.3, 0.4) is 0 Å². The highest BCUT2D eigenvalue weighted by Crippen LogP contribution is 2.20. The van der Waals surface area contributed by atoms with Crippen LogP contribution in [-0.4, -0.2) is 13.9 Å². The van der Waals surface area contributed by atoms with Crippen molar-refractivity contribution in [1.29, 1.82) is 0 Å². The van der Waals surface area contributed by atoms with Gasteiger partial charge in [0.05, 0.1) is 19.2 Å². The zero-order valence-corrected chi connectivity index (χ0v) is 5.09.